The quantitative estimate of drug-likeness (QED) is 0.375. The molecule has 0 saturated carbocycles. The van der Waals surface area contributed by atoms with Gasteiger partial charge in [-0.25, -0.2) is 4.79 Å². The predicted molar refractivity (Wildman–Crippen MR) is 57.7 cm³/mol. The van der Waals surface area contributed by atoms with Gasteiger partial charge in [0.2, 0.25) is 11.5 Å². The van der Waals surface area contributed by atoms with Gasteiger partial charge in [-0.3, -0.25) is 9.35 Å². The maximum absolute atomic E-state index is 11.4. The minimum atomic E-state index is -4.49. The fourth-order valence-electron chi connectivity index (χ4n) is 0.963. The second-order valence-corrected chi connectivity index (χ2v) is 5.13. The van der Waals surface area contributed by atoms with Gasteiger partial charge in [0.15, 0.2) is 5.78 Å². The Morgan fingerprint density at radius 2 is 1.88 bits per heavy atom. The molecule has 0 heterocycles. The van der Waals surface area contributed by atoms with E-state index < -0.39 is 33.4 Å². The first-order chi connectivity index (χ1) is 7.61. The first-order valence-corrected chi connectivity index (χ1v) is 6.60. The molecule has 0 spiro atoms. The SMILES string of the molecule is CCCCC(=O)C(C)(O)C(=O)OCS(=O)(=O)O. The molecule has 0 aromatic carbocycles. The Labute approximate surface area is 99.5 Å². The molecule has 0 rings (SSSR count). The van der Waals surface area contributed by atoms with Crippen LogP contribution in [0.15, 0.2) is 0 Å². The molecule has 100 valence electrons. The number of Topliss-reactive ketones (excluding diaryl/α,β-unsaturated/α-hetero) is 1. The molecule has 8 heteroatoms. The van der Waals surface area contributed by atoms with E-state index in [0.29, 0.717) is 12.8 Å². The van der Waals surface area contributed by atoms with Gasteiger partial charge in [-0.1, -0.05) is 13.3 Å². The van der Waals surface area contributed by atoms with E-state index in [1.54, 1.807) is 0 Å². The van der Waals surface area contributed by atoms with Crippen LogP contribution in [0.2, 0.25) is 0 Å². The zero-order chi connectivity index (χ0) is 13.7. The van der Waals surface area contributed by atoms with Crippen LogP contribution in [0, 0.1) is 0 Å². The van der Waals surface area contributed by atoms with Crippen LogP contribution in [0.3, 0.4) is 0 Å². The smallest absolute Gasteiger partial charge is 0.346 e. The fraction of sp³-hybridized carbons (Fsp3) is 0.778. The lowest BCUT2D eigenvalue weighted by Crippen LogP contribution is -2.45. The highest BCUT2D eigenvalue weighted by Gasteiger charge is 2.40. The lowest BCUT2D eigenvalue weighted by Gasteiger charge is -2.19. The molecule has 0 radical (unpaired) electrons. The molecule has 0 saturated heterocycles. The normalized spacial score (nSPS) is 15.1. The number of hydrogen-bond donors (Lipinski definition) is 2. The first-order valence-electron chi connectivity index (χ1n) is 4.99. The van der Waals surface area contributed by atoms with Crippen LogP contribution in [0.1, 0.15) is 33.1 Å². The van der Waals surface area contributed by atoms with Crippen LogP contribution >= 0.6 is 0 Å². The van der Waals surface area contributed by atoms with Gasteiger partial charge in [0, 0.05) is 6.42 Å². The Balaban J connectivity index is 4.49. The Kier molecular flexibility index (Phi) is 5.73. The summed E-state index contributed by atoms with van der Waals surface area (Å²) in [5, 5.41) is 9.57. The zero-order valence-electron chi connectivity index (χ0n) is 9.67. The molecule has 0 aromatic rings. The molecule has 1 unspecified atom stereocenters. The summed E-state index contributed by atoms with van der Waals surface area (Å²) < 4.78 is 33.1. The van der Waals surface area contributed by atoms with E-state index in [-0.39, 0.29) is 6.42 Å². The van der Waals surface area contributed by atoms with Crippen LogP contribution in [0.4, 0.5) is 0 Å². The largest absolute Gasteiger partial charge is 0.444 e. The maximum Gasteiger partial charge on any atom is 0.346 e. The number of rotatable bonds is 7. The third-order valence-electron chi connectivity index (χ3n) is 2.04. The second kappa shape index (κ2) is 6.08. The van der Waals surface area contributed by atoms with E-state index in [2.05, 4.69) is 4.74 Å². The van der Waals surface area contributed by atoms with Crippen LogP contribution in [-0.2, 0) is 24.4 Å². The minimum absolute atomic E-state index is 0.00945. The number of esters is 1. The molecular weight excluding hydrogens is 252 g/mol. The van der Waals surface area contributed by atoms with Crippen molar-refractivity contribution in [2.45, 2.75) is 38.7 Å². The molecule has 1 atom stereocenters. The van der Waals surface area contributed by atoms with Gasteiger partial charge in [-0.2, -0.15) is 8.42 Å². The van der Waals surface area contributed by atoms with E-state index in [1.807, 2.05) is 6.92 Å². The fourth-order valence-corrected chi connectivity index (χ4v) is 1.22. The molecule has 0 aliphatic carbocycles. The van der Waals surface area contributed by atoms with Crippen LogP contribution in [-0.4, -0.2) is 41.4 Å². The molecule has 0 aliphatic rings. The van der Waals surface area contributed by atoms with Gasteiger partial charge in [0.1, 0.15) is 0 Å². The monoisotopic (exact) mass is 268 g/mol. The molecule has 0 aromatic heterocycles. The number of carbonyl (C=O) groups is 2. The average Bonchev–Trinajstić information content (AvgIpc) is 2.21. The predicted octanol–water partition coefficient (Wildman–Crippen LogP) is -0.115. The molecule has 0 amide bonds. The zero-order valence-corrected chi connectivity index (χ0v) is 10.5. The Morgan fingerprint density at radius 1 is 1.35 bits per heavy atom. The summed E-state index contributed by atoms with van der Waals surface area (Å²) in [5.74, 6) is -3.43. The van der Waals surface area contributed by atoms with Gasteiger partial charge in [0.05, 0.1) is 0 Å². The lowest BCUT2D eigenvalue weighted by molar-refractivity contribution is -0.167. The van der Waals surface area contributed by atoms with E-state index in [1.165, 1.54) is 0 Å². The van der Waals surface area contributed by atoms with Crippen molar-refractivity contribution in [1.29, 1.82) is 0 Å². The van der Waals surface area contributed by atoms with Gasteiger partial charge >= 0.3 is 16.1 Å². The molecule has 7 nitrogen and oxygen atoms in total. The topological polar surface area (TPSA) is 118 Å². The number of hydrogen-bond acceptors (Lipinski definition) is 6. The highest BCUT2D eigenvalue weighted by atomic mass is 32.2. The summed E-state index contributed by atoms with van der Waals surface area (Å²) in [4.78, 5) is 22.7. The molecule has 0 aliphatic heterocycles. The summed E-state index contributed by atoms with van der Waals surface area (Å²) in [6, 6.07) is 0. The van der Waals surface area contributed by atoms with Crippen molar-refractivity contribution in [3.63, 3.8) is 0 Å². The van der Waals surface area contributed by atoms with Crippen LogP contribution in [0.5, 0.6) is 0 Å². The van der Waals surface area contributed by atoms with Crippen molar-refractivity contribution in [2.24, 2.45) is 0 Å². The van der Waals surface area contributed by atoms with Crippen molar-refractivity contribution in [3.05, 3.63) is 0 Å². The summed E-state index contributed by atoms with van der Waals surface area (Å²) in [7, 11) is -4.49. The Morgan fingerprint density at radius 3 is 2.29 bits per heavy atom. The van der Waals surface area contributed by atoms with E-state index >= 15 is 0 Å². The highest BCUT2D eigenvalue weighted by molar-refractivity contribution is 7.85. The molecule has 0 fully saturated rings. The average molecular weight is 268 g/mol. The van der Waals surface area contributed by atoms with Crippen molar-refractivity contribution in [1.82, 2.24) is 0 Å². The third kappa shape index (κ3) is 5.76. The van der Waals surface area contributed by atoms with E-state index in [4.69, 9.17) is 4.55 Å². The Hall–Kier alpha value is -0.990. The number of carbonyl (C=O) groups excluding carboxylic acids is 2. The van der Waals surface area contributed by atoms with Crippen LogP contribution < -0.4 is 0 Å². The molecule has 17 heavy (non-hydrogen) atoms. The molecule has 2 N–H and O–H groups in total. The molecule has 0 bridgehead atoms. The summed E-state index contributed by atoms with van der Waals surface area (Å²) in [6.45, 7) is 2.76. The Bertz CT molecular complexity index is 382. The minimum Gasteiger partial charge on any atom is -0.444 e. The highest BCUT2D eigenvalue weighted by Crippen LogP contribution is 2.13. The first kappa shape index (κ1) is 16.0. The van der Waals surface area contributed by atoms with Gasteiger partial charge < -0.3 is 9.84 Å². The van der Waals surface area contributed by atoms with E-state index in [9.17, 15) is 23.1 Å². The number of ether oxygens (including phenoxy) is 1. The van der Waals surface area contributed by atoms with Gasteiger partial charge in [-0.05, 0) is 13.3 Å². The standard InChI is InChI=1S/C9H16O7S/c1-3-4-5-7(10)9(2,12)8(11)16-6-17(13,14)15/h12H,3-6H2,1-2H3,(H,13,14,15). The summed E-state index contributed by atoms with van der Waals surface area (Å²) in [5.41, 5.74) is -2.39. The van der Waals surface area contributed by atoms with Crippen molar-refractivity contribution in [3.8, 4) is 0 Å². The van der Waals surface area contributed by atoms with Crippen molar-refractivity contribution >= 4 is 21.9 Å². The number of aliphatic hydroxyl groups is 1. The second-order valence-electron chi connectivity index (χ2n) is 3.73. The summed E-state index contributed by atoms with van der Waals surface area (Å²) >= 11 is 0. The van der Waals surface area contributed by atoms with Crippen molar-refractivity contribution < 1.29 is 32.4 Å². The lowest BCUT2D eigenvalue weighted by atomic mass is 9.97. The van der Waals surface area contributed by atoms with Gasteiger partial charge in [-0.15, -0.1) is 0 Å². The maximum atomic E-state index is 11.4. The van der Waals surface area contributed by atoms with Crippen LogP contribution in [0.25, 0.3) is 0 Å². The summed E-state index contributed by atoms with van der Waals surface area (Å²) in [6.07, 6.45) is 1.20. The third-order valence-corrected chi connectivity index (χ3v) is 2.45. The van der Waals surface area contributed by atoms with Gasteiger partial charge in [0.25, 0.3) is 0 Å². The van der Waals surface area contributed by atoms with E-state index in [0.717, 1.165) is 6.92 Å². The molecular formula is C9H16O7S. The number of unbranched alkanes of at least 4 members (excludes halogenated alkanes) is 1. The number of ketones is 1. The van der Waals surface area contributed by atoms with Crippen molar-refractivity contribution in [2.75, 3.05) is 5.94 Å².